The van der Waals surface area contributed by atoms with Crippen molar-refractivity contribution in [2.45, 2.75) is 11.3 Å². The molecule has 0 fully saturated rings. The van der Waals surface area contributed by atoms with Gasteiger partial charge in [0.15, 0.2) is 0 Å². The molecule has 0 spiro atoms. The summed E-state index contributed by atoms with van der Waals surface area (Å²) in [6, 6.07) is 26.4. The second kappa shape index (κ2) is 8.40. The van der Waals surface area contributed by atoms with Gasteiger partial charge in [0, 0.05) is 17.0 Å². The molecule has 0 aliphatic carbocycles. The molecular weight excluding hydrogens is 409 g/mol. The van der Waals surface area contributed by atoms with Gasteiger partial charge < -0.3 is 4.90 Å². The second-order valence-electron chi connectivity index (χ2n) is 7.43. The third kappa shape index (κ3) is 4.11. The topological polar surface area (TPSA) is 35.9 Å². The van der Waals surface area contributed by atoms with Crippen LogP contribution in [0.4, 0.5) is 10.1 Å². The third-order valence-corrected chi connectivity index (χ3v) is 6.34. The van der Waals surface area contributed by atoms with Crippen LogP contribution in [0.5, 0.6) is 0 Å². The number of fused-ring (bicyclic) bond motifs is 1. The van der Waals surface area contributed by atoms with E-state index < -0.39 is 0 Å². The summed E-state index contributed by atoms with van der Waals surface area (Å²) in [5.41, 5.74) is 2.65. The lowest BCUT2D eigenvalue weighted by Crippen LogP contribution is -2.45. The van der Waals surface area contributed by atoms with E-state index in [0.717, 1.165) is 21.1 Å². The first-order valence-corrected chi connectivity index (χ1v) is 10.9. The first-order valence-electron chi connectivity index (χ1n) is 10.1. The normalized spacial score (nSPS) is 15.9. The van der Waals surface area contributed by atoms with Crippen molar-refractivity contribution < 1.29 is 9.18 Å². The Morgan fingerprint density at radius 2 is 1.58 bits per heavy atom. The van der Waals surface area contributed by atoms with Crippen LogP contribution in [0.3, 0.4) is 0 Å². The SMILES string of the molecule is O=C1C(Cc2ccccc2)=NC2=C(Sc3ccc(F)cc3)CN(c3ccccc3)CN12. The lowest BCUT2D eigenvalue weighted by molar-refractivity contribution is -0.121. The molecule has 0 bridgehead atoms. The fourth-order valence-electron chi connectivity index (χ4n) is 3.74. The average Bonchev–Trinajstić information content (AvgIpc) is 3.12. The van der Waals surface area contributed by atoms with Gasteiger partial charge in [-0.2, -0.15) is 0 Å². The third-order valence-electron chi connectivity index (χ3n) is 5.27. The Morgan fingerprint density at radius 3 is 2.29 bits per heavy atom. The quantitative estimate of drug-likeness (QED) is 0.567. The zero-order valence-corrected chi connectivity index (χ0v) is 17.6. The Kier molecular flexibility index (Phi) is 5.30. The molecule has 0 radical (unpaired) electrons. The van der Waals surface area contributed by atoms with E-state index in [9.17, 15) is 9.18 Å². The fraction of sp³-hybridized carbons (Fsp3) is 0.120. The van der Waals surface area contributed by atoms with Gasteiger partial charge >= 0.3 is 0 Å². The number of amides is 1. The van der Waals surface area contributed by atoms with Crippen LogP contribution in [-0.2, 0) is 11.2 Å². The van der Waals surface area contributed by atoms with Gasteiger partial charge in [0.2, 0.25) is 0 Å². The molecule has 31 heavy (non-hydrogen) atoms. The molecular formula is C25H20FN3OS. The van der Waals surface area contributed by atoms with Crippen molar-refractivity contribution >= 4 is 29.1 Å². The van der Waals surface area contributed by atoms with Gasteiger partial charge in [-0.25, -0.2) is 9.38 Å². The minimum absolute atomic E-state index is 0.0586. The Labute approximate surface area is 184 Å². The highest BCUT2D eigenvalue weighted by atomic mass is 32.2. The highest BCUT2D eigenvalue weighted by Crippen LogP contribution is 2.38. The largest absolute Gasteiger partial charge is 0.348 e. The van der Waals surface area contributed by atoms with Gasteiger partial charge in [-0.05, 0) is 42.0 Å². The van der Waals surface area contributed by atoms with Gasteiger partial charge in [-0.15, -0.1) is 0 Å². The van der Waals surface area contributed by atoms with Crippen LogP contribution < -0.4 is 4.90 Å². The molecule has 5 rings (SSSR count). The number of hydrogen-bond acceptors (Lipinski definition) is 4. The highest BCUT2D eigenvalue weighted by Gasteiger charge is 2.37. The maximum Gasteiger partial charge on any atom is 0.275 e. The van der Waals surface area contributed by atoms with Gasteiger partial charge in [-0.1, -0.05) is 60.3 Å². The lowest BCUT2D eigenvalue weighted by atomic mass is 10.1. The number of carbonyl (C=O) groups is 1. The molecule has 6 heteroatoms. The van der Waals surface area contributed by atoms with E-state index in [4.69, 9.17) is 4.99 Å². The predicted octanol–water partition coefficient (Wildman–Crippen LogP) is 5.09. The van der Waals surface area contributed by atoms with Gasteiger partial charge in [-0.3, -0.25) is 9.69 Å². The van der Waals surface area contributed by atoms with Crippen molar-refractivity contribution in [3.05, 3.63) is 107 Å². The van der Waals surface area contributed by atoms with Crippen LogP contribution in [0.25, 0.3) is 0 Å². The van der Waals surface area contributed by atoms with Gasteiger partial charge in [0.1, 0.15) is 24.0 Å². The van der Waals surface area contributed by atoms with E-state index in [0.29, 0.717) is 31.2 Å². The van der Waals surface area contributed by atoms with Crippen LogP contribution in [0.1, 0.15) is 5.56 Å². The number of anilines is 1. The molecule has 0 atom stereocenters. The highest BCUT2D eigenvalue weighted by molar-refractivity contribution is 8.03. The molecule has 154 valence electrons. The fourth-order valence-corrected chi connectivity index (χ4v) is 4.76. The summed E-state index contributed by atoms with van der Waals surface area (Å²) in [7, 11) is 0. The number of rotatable bonds is 5. The summed E-state index contributed by atoms with van der Waals surface area (Å²) in [5.74, 6) is 0.381. The molecule has 0 saturated heterocycles. The Hall–Kier alpha value is -3.38. The van der Waals surface area contributed by atoms with Crippen molar-refractivity contribution in [1.82, 2.24) is 4.90 Å². The molecule has 0 unspecified atom stereocenters. The second-order valence-corrected chi connectivity index (χ2v) is 8.60. The molecule has 2 aliphatic heterocycles. The van der Waals surface area contributed by atoms with Crippen LogP contribution in [-0.4, -0.2) is 29.7 Å². The number of halogens is 1. The molecule has 4 nitrogen and oxygen atoms in total. The molecule has 0 N–H and O–H groups in total. The lowest BCUT2D eigenvalue weighted by Gasteiger charge is -2.35. The predicted molar refractivity (Wildman–Crippen MR) is 122 cm³/mol. The molecule has 0 saturated carbocycles. The molecule has 1 amide bonds. The maximum atomic E-state index is 13.4. The zero-order chi connectivity index (χ0) is 21.2. The molecule has 3 aromatic carbocycles. The zero-order valence-electron chi connectivity index (χ0n) is 16.7. The molecule has 2 heterocycles. The van der Waals surface area contributed by atoms with E-state index in [1.165, 1.54) is 23.9 Å². The minimum Gasteiger partial charge on any atom is -0.348 e. The first-order chi connectivity index (χ1) is 15.2. The van der Waals surface area contributed by atoms with E-state index in [-0.39, 0.29) is 11.7 Å². The number of benzene rings is 3. The van der Waals surface area contributed by atoms with Crippen molar-refractivity contribution in [2.75, 3.05) is 18.1 Å². The van der Waals surface area contributed by atoms with E-state index >= 15 is 0 Å². The van der Waals surface area contributed by atoms with Gasteiger partial charge in [0.25, 0.3) is 5.91 Å². The number of thioether (sulfide) groups is 1. The Balaban J connectivity index is 1.50. The summed E-state index contributed by atoms with van der Waals surface area (Å²) >= 11 is 1.53. The van der Waals surface area contributed by atoms with Crippen LogP contribution in [0.15, 0.2) is 106 Å². The monoisotopic (exact) mass is 429 g/mol. The summed E-state index contributed by atoms with van der Waals surface area (Å²) in [6.07, 6.45) is 0.500. The Morgan fingerprint density at radius 1 is 0.903 bits per heavy atom. The summed E-state index contributed by atoms with van der Waals surface area (Å²) in [5, 5.41) is 0. The van der Waals surface area contributed by atoms with Crippen LogP contribution >= 0.6 is 11.8 Å². The van der Waals surface area contributed by atoms with Crippen LogP contribution in [0, 0.1) is 5.82 Å². The summed E-state index contributed by atoms with van der Waals surface area (Å²) in [6.45, 7) is 1.08. The number of para-hydroxylation sites is 1. The first kappa shape index (κ1) is 19.6. The van der Waals surface area contributed by atoms with Crippen molar-refractivity contribution in [1.29, 1.82) is 0 Å². The summed E-state index contributed by atoms with van der Waals surface area (Å²) < 4.78 is 13.4. The van der Waals surface area contributed by atoms with Gasteiger partial charge in [0.05, 0.1) is 11.4 Å². The number of aliphatic imine (C=N–C) groups is 1. The standard InChI is InChI=1S/C25H20FN3OS/c26-19-11-13-21(14-12-19)31-23-16-28(20-9-5-2-6-10-20)17-29-24(23)27-22(25(29)30)15-18-7-3-1-4-8-18/h1-14H,15-17H2. The smallest absolute Gasteiger partial charge is 0.275 e. The molecule has 0 aromatic heterocycles. The molecule has 2 aliphatic rings. The summed E-state index contributed by atoms with van der Waals surface area (Å²) in [4.78, 5) is 23.8. The maximum absolute atomic E-state index is 13.4. The van der Waals surface area contributed by atoms with Crippen molar-refractivity contribution in [3.63, 3.8) is 0 Å². The molecule has 3 aromatic rings. The minimum atomic E-state index is -0.266. The number of carbonyl (C=O) groups excluding carboxylic acids is 1. The van der Waals surface area contributed by atoms with E-state index in [1.54, 1.807) is 17.0 Å². The van der Waals surface area contributed by atoms with Crippen LogP contribution in [0.2, 0.25) is 0 Å². The number of nitrogens with zero attached hydrogens (tertiary/aromatic N) is 3. The van der Waals surface area contributed by atoms with E-state index in [1.807, 2.05) is 60.7 Å². The Bertz CT molecular complexity index is 1160. The van der Waals surface area contributed by atoms with Crippen molar-refractivity contribution in [2.24, 2.45) is 4.99 Å². The number of hydrogen-bond donors (Lipinski definition) is 0. The van der Waals surface area contributed by atoms with Crippen molar-refractivity contribution in [3.8, 4) is 0 Å². The van der Waals surface area contributed by atoms with E-state index in [2.05, 4.69) is 4.90 Å². The average molecular weight is 430 g/mol.